The summed E-state index contributed by atoms with van der Waals surface area (Å²) in [6, 6.07) is 8.50. The lowest BCUT2D eigenvalue weighted by Gasteiger charge is -2.61. The smallest absolute Gasteiger partial charge is 0.404 e. The molecule has 2 aromatic rings. The molecule has 2 aliphatic carbocycles. The Bertz CT molecular complexity index is 1140. The van der Waals surface area contributed by atoms with Gasteiger partial charge in [0.15, 0.2) is 0 Å². The molecule has 3 aliphatic rings. The van der Waals surface area contributed by atoms with E-state index in [1.807, 2.05) is 25.1 Å². The number of urea groups is 1. The highest BCUT2D eigenvalue weighted by Gasteiger charge is 2.65. The molecule has 194 valence electrons. The Labute approximate surface area is 206 Å². The third kappa shape index (κ3) is 4.17. The number of alkyl halides is 3. The van der Waals surface area contributed by atoms with Crippen molar-refractivity contribution in [2.45, 2.75) is 55.1 Å². The maximum atomic E-state index is 14.1. The summed E-state index contributed by atoms with van der Waals surface area (Å²) in [5, 5.41) is 10.9. The normalized spacial score (nSPS) is 27.4. The van der Waals surface area contributed by atoms with E-state index >= 15 is 0 Å². The second-order valence-corrected chi connectivity index (χ2v) is 10.4. The molecule has 11 heteroatoms. The number of halogens is 4. The van der Waals surface area contributed by atoms with Crippen LogP contribution in [-0.4, -0.2) is 70.6 Å². The third-order valence-electron chi connectivity index (χ3n) is 7.92. The maximum absolute atomic E-state index is 14.1. The molecular weight excluding hydrogens is 480 g/mol. The van der Waals surface area contributed by atoms with Crippen LogP contribution in [0, 0.1) is 5.82 Å². The number of anilines is 1. The van der Waals surface area contributed by atoms with Gasteiger partial charge >= 0.3 is 12.4 Å². The van der Waals surface area contributed by atoms with Gasteiger partial charge in [0.05, 0.1) is 36.0 Å². The van der Waals surface area contributed by atoms with Gasteiger partial charge < -0.3 is 14.7 Å². The van der Waals surface area contributed by atoms with Crippen LogP contribution in [0.25, 0.3) is 0 Å². The number of β-amino-alcohol motifs (C(OH)–C–C–N with tert-alkyl or cyclic N) is 1. The monoisotopic (exact) mass is 508 g/mol. The number of pyridine rings is 1. The van der Waals surface area contributed by atoms with Crippen molar-refractivity contribution >= 4 is 11.8 Å². The molecule has 1 aliphatic heterocycles. The lowest BCUT2D eigenvalue weighted by Crippen LogP contribution is -2.69. The van der Waals surface area contributed by atoms with Gasteiger partial charge in [-0.15, -0.1) is 13.2 Å². The van der Waals surface area contributed by atoms with Crippen LogP contribution >= 0.6 is 0 Å². The molecule has 2 heterocycles. The summed E-state index contributed by atoms with van der Waals surface area (Å²) in [5.74, 6) is -0.621. The highest BCUT2D eigenvalue weighted by atomic mass is 19.4. The molecule has 0 bridgehead atoms. The zero-order valence-corrected chi connectivity index (χ0v) is 20.1. The van der Waals surface area contributed by atoms with Crippen molar-refractivity contribution in [2.24, 2.45) is 0 Å². The Morgan fingerprint density at radius 3 is 2.42 bits per heavy atom. The van der Waals surface area contributed by atoms with Gasteiger partial charge in [0, 0.05) is 0 Å². The Hall–Kier alpha value is -2.92. The molecular formula is C25H28F4N4O3. The van der Waals surface area contributed by atoms with E-state index in [2.05, 4.69) is 9.72 Å². The molecule has 36 heavy (non-hydrogen) atoms. The number of carbonyl (C=O) groups excluding carboxylic acids is 1. The minimum Gasteiger partial charge on any atom is -0.404 e. The van der Waals surface area contributed by atoms with Crippen LogP contribution in [-0.2, 0) is 5.54 Å². The maximum Gasteiger partial charge on any atom is 0.573 e. The first-order valence-corrected chi connectivity index (χ1v) is 11.8. The minimum atomic E-state index is -4.84. The topological polar surface area (TPSA) is 69.1 Å². The first kappa shape index (κ1) is 24.8. The molecule has 1 saturated heterocycles. The van der Waals surface area contributed by atoms with Gasteiger partial charge in [-0.2, -0.15) is 0 Å². The summed E-state index contributed by atoms with van der Waals surface area (Å²) in [5.41, 5.74) is -1.33. The highest BCUT2D eigenvalue weighted by Crippen LogP contribution is 2.57. The molecule has 0 atom stereocenters. The number of hydrogen-bond donors (Lipinski definition) is 1. The highest BCUT2D eigenvalue weighted by molar-refractivity contribution is 5.95. The van der Waals surface area contributed by atoms with Crippen LogP contribution in [0.2, 0.25) is 0 Å². The van der Waals surface area contributed by atoms with Gasteiger partial charge in [-0.05, 0) is 76.0 Å². The molecule has 0 unspecified atom stereocenters. The molecule has 1 N–H and O–H groups in total. The fourth-order valence-corrected chi connectivity index (χ4v) is 5.87. The molecule has 1 aromatic heterocycles. The van der Waals surface area contributed by atoms with Crippen molar-refractivity contribution in [1.29, 1.82) is 0 Å². The van der Waals surface area contributed by atoms with Gasteiger partial charge in [-0.3, -0.25) is 9.80 Å². The summed E-state index contributed by atoms with van der Waals surface area (Å²) in [6.07, 6.45) is -0.836. The zero-order valence-electron chi connectivity index (χ0n) is 20.1. The number of benzene rings is 1. The van der Waals surface area contributed by atoms with Crippen molar-refractivity contribution < 1.29 is 32.2 Å². The fraction of sp³-hybridized carbons (Fsp3) is 0.520. The quantitative estimate of drug-likeness (QED) is 0.591. The summed E-state index contributed by atoms with van der Waals surface area (Å²) < 4.78 is 55.6. The largest absolute Gasteiger partial charge is 0.573 e. The van der Waals surface area contributed by atoms with E-state index in [9.17, 15) is 27.5 Å². The molecule has 1 spiro atoms. The Kier molecular flexibility index (Phi) is 5.71. The number of hydrogen-bond acceptors (Lipinski definition) is 5. The molecule has 2 amide bonds. The van der Waals surface area contributed by atoms with E-state index < -0.39 is 28.8 Å². The molecule has 0 radical (unpaired) electrons. The Balaban J connectivity index is 1.45. The van der Waals surface area contributed by atoms with E-state index in [4.69, 9.17) is 0 Å². The lowest BCUT2D eigenvalue weighted by molar-refractivity contribution is -0.274. The van der Waals surface area contributed by atoms with Crippen LogP contribution in [0.3, 0.4) is 0 Å². The Morgan fingerprint density at radius 1 is 1.17 bits per heavy atom. The summed E-state index contributed by atoms with van der Waals surface area (Å²) in [4.78, 5) is 22.8. The second-order valence-electron chi connectivity index (χ2n) is 10.4. The van der Waals surface area contributed by atoms with Gasteiger partial charge in [0.25, 0.3) is 0 Å². The van der Waals surface area contributed by atoms with Crippen molar-refractivity contribution in [3.8, 4) is 5.75 Å². The second kappa shape index (κ2) is 8.31. The van der Waals surface area contributed by atoms with Crippen molar-refractivity contribution in [2.75, 3.05) is 32.1 Å². The Morgan fingerprint density at radius 2 is 1.89 bits per heavy atom. The van der Waals surface area contributed by atoms with Gasteiger partial charge in [-0.1, -0.05) is 12.1 Å². The van der Waals surface area contributed by atoms with E-state index in [1.54, 1.807) is 11.0 Å². The predicted octanol–water partition coefficient (Wildman–Crippen LogP) is 4.27. The molecule has 7 nitrogen and oxygen atoms in total. The number of nitrogens with zero attached hydrogens (tertiary/aromatic N) is 4. The van der Waals surface area contributed by atoms with Crippen LogP contribution in [0.15, 0.2) is 42.6 Å². The number of amides is 2. The summed E-state index contributed by atoms with van der Waals surface area (Å²) in [7, 11) is 3.83. The van der Waals surface area contributed by atoms with Crippen LogP contribution in [0.5, 0.6) is 5.75 Å². The van der Waals surface area contributed by atoms with E-state index in [0.717, 1.165) is 24.2 Å². The lowest BCUT2D eigenvalue weighted by atomic mass is 9.58. The SMILES string of the molecule is CN(C)[C@]1(c2cccc(F)c2)C[C@@]2(CN(c3ccc(OC(F)(F)F)cn3)C(=O)N2CC2(O)CCC2)C1. The average Bonchev–Trinajstić information content (AvgIpc) is 3.03. The van der Waals surface area contributed by atoms with Gasteiger partial charge in [0.1, 0.15) is 17.4 Å². The number of carbonyl (C=O) groups is 1. The van der Waals surface area contributed by atoms with Crippen molar-refractivity contribution in [3.63, 3.8) is 0 Å². The zero-order chi connectivity index (χ0) is 25.9. The van der Waals surface area contributed by atoms with Crippen LogP contribution < -0.4 is 9.64 Å². The fourth-order valence-electron chi connectivity index (χ4n) is 5.87. The van der Waals surface area contributed by atoms with Crippen molar-refractivity contribution in [1.82, 2.24) is 14.8 Å². The number of aromatic nitrogens is 1. The van der Waals surface area contributed by atoms with E-state index in [-0.39, 0.29) is 30.8 Å². The first-order chi connectivity index (χ1) is 16.8. The first-order valence-electron chi connectivity index (χ1n) is 11.8. The molecule has 1 aromatic carbocycles. The van der Waals surface area contributed by atoms with E-state index in [1.165, 1.54) is 23.1 Å². The minimum absolute atomic E-state index is 0.157. The van der Waals surface area contributed by atoms with Gasteiger partial charge in [0.2, 0.25) is 0 Å². The van der Waals surface area contributed by atoms with Crippen LogP contribution in [0.4, 0.5) is 28.2 Å². The van der Waals surface area contributed by atoms with Gasteiger partial charge in [-0.25, -0.2) is 14.2 Å². The molecule has 3 fully saturated rings. The number of ether oxygens (including phenoxy) is 1. The van der Waals surface area contributed by atoms with Crippen molar-refractivity contribution in [3.05, 3.63) is 54.0 Å². The predicted molar refractivity (Wildman–Crippen MR) is 123 cm³/mol. The standard InChI is InChI=1S/C25H28F4N4O3/c1-31(2)24(17-5-3-6-18(26)11-17)13-22(14-24)15-32(21(34)33(22)16-23(35)9-4-10-23)20-8-7-19(12-30-20)36-25(27,28)29/h3,5-8,11-12,35H,4,9-10,13-16H2,1-2H3/t22-,24+. The summed E-state index contributed by atoms with van der Waals surface area (Å²) in [6.45, 7) is 0.406. The van der Waals surface area contributed by atoms with Crippen LogP contribution in [0.1, 0.15) is 37.7 Å². The number of rotatable bonds is 6. The third-order valence-corrected chi connectivity index (χ3v) is 7.92. The molecule has 5 rings (SSSR count). The average molecular weight is 509 g/mol. The molecule has 2 saturated carbocycles. The number of aliphatic hydroxyl groups is 1. The van der Waals surface area contributed by atoms with E-state index in [0.29, 0.717) is 25.7 Å². The summed E-state index contributed by atoms with van der Waals surface area (Å²) >= 11 is 0.